The maximum absolute atomic E-state index is 12.4. The van der Waals surface area contributed by atoms with Crippen molar-refractivity contribution in [2.24, 2.45) is 0 Å². The highest BCUT2D eigenvalue weighted by Crippen LogP contribution is 2.17. The van der Waals surface area contributed by atoms with E-state index in [9.17, 15) is 9.59 Å². The molecule has 0 atom stereocenters. The van der Waals surface area contributed by atoms with Crippen LogP contribution in [0.15, 0.2) is 42.7 Å². The first kappa shape index (κ1) is 19.8. The predicted molar refractivity (Wildman–Crippen MR) is 105 cm³/mol. The molecule has 0 spiro atoms. The van der Waals surface area contributed by atoms with Crippen molar-refractivity contribution in [3.8, 4) is 0 Å². The topological polar surface area (TPSA) is 92.8 Å². The zero-order valence-corrected chi connectivity index (χ0v) is 15.8. The molecule has 0 saturated carbocycles. The number of amides is 1. The number of aromatic nitrogens is 1. The van der Waals surface area contributed by atoms with E-state index in [0.717, 1.165) is 38.5 Å². The average molecular weight is 384 g/mol. The number of nitrogens with one attached hydrogen (secondary N) is 2. The summed E-state index contributed by atoms with van der Waals surface area (Å²) in [6, 6.07) is 8.61. The second kappa shape index (κ2) is 9.82. The fourth-order valence-corrected chi connectivity index (χ4v) is 2.86. The molecule has 0 unspecified atom stereocenters. The second-order valence-corrected chi connectivity index (χ2v) is 6.37. The number of esters is 1. The molecule has 28 heavy (non-hydrogen) atoms. The molecule has 1 aliphatic rings. The van der Waals surface area contributed by atoms with Gasteiger partial charge in [-0.25, -0.2) is 4.79 Å². The van der Waals surface area contributed by atoms with Gasteiger partial charge in [-0.2, -0.15) is 0 Å². The summed E-state index contributed by atoms with van der Waals surface area (Å²) >= 11 is 0. The van der Waals surface area contributed by atoms with Crippen LogP contribution in [-0.4, -0.2) is 68.3 Å². The van der Waals surface area contributed by atoms with Crippen molar-refractivity contribution in [3.63, 3.8) is 0 Å². The molecule has 2 N–H and O–H groups in total. The normalized spacial score (nSPS) is 14.3. The molecular formula is C20H24N4O4. The fourth-order valence-electron chi connectivity index (χ4n) is 2.86. The van der Waals surface area contributed by atoms with Gasteiger partial charge >= 0.3 is 5.97 Å². The Balaban J connectivity index is 1.54. The van der Waals surface area contributed by atoms with Gasteiger partial charge in [0, 0.05) is 38.1 Å². The lowest BCUT2D eigenvalue weighted by molar-refractivity contribution is 0.0383. The number of hydrogen-bond acceptors (Lipinski definition) is 7. The summed E-state index contributed by atoms with van der Waals surface area (Å²) in [6.45, 7) is 4.65. The first-order valence-corrected chi connectivity index (χ1v) is 9.14. The van der Waals surface area contributed by atoms with Crippen LogP contribution in [0.5, 0.6) is 0 Å². The Morgan fingerprint density at radius 2 is 1.86 bits per heavy atom. The molecule has 1 aromatic heterocycles. The largest absolute Gasteiger partial charge is 0.465 e. The lowest BCUT2D eigenvalue weighted by Gasteiger charge is -2.26. The third-order valence-electron chi connectivity index (χ3n) is 4.41. The van der Waals surface area contributed by atoms with Crippen LogP contribution in [0, 0.1) is 0 Å². The number of carbonyl (C=O) groups excluding carboxylic acids is 2. The Hall–Kier alpha value is -2.97. The molecule has 1 aliphatic heterocycles. The van der Waals surface area contributed by atoms with Crippen LogP contribution in [0.3, 0.4) is 0 Å². The quantitative estimate of drug-likeness (QED) is 0.702. The molecule has 1 saturated heterocycles. The summed E-state index contributed by atoms with van der Waals surface area (Å²) in [5, 5.41) is 6.10. The van der Waals surface area contributed by atoms with Crippen LogP contribution in [0.4, 0.5) is 11.4 Å². The summed E-state index contributed by atoms with van der Waals surface area (Å²) in [7, 11) is 1.34. The third kappa shape index (κ3) is 5.51. The van der Waals surface area contributed by atoms with Gasteiger partial charge in [0.05, 0.1) is 43.3 Å². The number of rotatable bonds is 7. The van der Waals surface area contributed by atoms with Crippen molar-refractivity contribution >= 4 is 23.3 Å². The average Bonchev–Trinajstić information content (AvgIpc) is 2.74. The molecule has 1 fully saturated rings. The van der Waals surface area contributed by atoms with E-state index in [2.05, 4.69) is 25.3 Å². The van der Waals surface area contributed by atoms with Crippen molar-refractivity contribution in [2.45, 2.75) is 0 Å². The van der Waals surface area contributed by atoms with Crippen LogP contribution in [0.2, 0.25) is 0 Å². The molecule has 8 nitrogen and oxygen atoms in total. The summed E-state index contributed by atoms with van der Waals surface area (Å²) < 4.78 is 10.00. The van der Waals surface area contributed by atoms with Crippen molar-refractivity contribution in [1.29, 1.82) is 0 Å². The van der Waals surface area contributed by atoms with Gasteiger partial charge in [-0.1, -0.05) is 0 Å². The molecule has 2 heterocycles. The van der Waals surface area contributed by atoms with Gasteiger partial charge in [0.15, 0.2) is 0 Å². The van der Waals surface area contributed by atoms with E-state index in [-0.39, 0.29) is 11.9 Å². The standard InChI is InChI=1S/C20H24N4O4/c1-27-20(26)15-2-4-17(5-3-15)23-18-12-16(13-21-14-18)19(25)22-6-7-24-8-10-28-11-9-24/h2-5,12-14,23H,6-11H2,1H3,(H,22,25). The number of pyridine rings is 1. The van der Waals surface area contributed by atoms with Gasteiger partial charge in [-0.3, -0.25) is 14.7 Å². The molecule has 0 radical (unpaired) electrons. The maximum atomic E-state index is 12.4. The van der Waals surface area contributed by atoms with Gasteiger partial charge in [0.2, 0.25) is 0 Å². The molecule has 8 heteroatoms. The van der Waals surface area contributed by atoms with E-state index in [0.29, 0.717) is 23.4 Å². The SMILES string of the molecule is COC(=O)c1ccc(Nc2cncc(C(=O)NCCN3CCOCC3)c2)cc1. The molecule has 1 amide bonds. The van der Waals surface area contributed by atoms with Crippen molar-refractivity contribution in [3.05, 3.63) is 53.9 Å². The van der Waals surface area contributed by atoms with Crippen LogP contribution in [0.1, 0.15) is 20.7 Å². The minimum atomic E-state index is -0.385. The fraction of sp³-hybridized carbons (Fsp3) is 0.350. The lowest BCUT2D eigenvalue weighted by atomic mass is 10.2. The summed E-state index contributed by atoms with van der Waals surface area (Å²) in [6.07, 6.45) is 3.17. The van der Waals surface area contributed by atoms with Gasteiger partial charge < -0.3 is 20.1 Å². The van der Waals surface area contributed by atoms with Crippen LogP contribution < -0.4 is 10.6 Å². The minimum absolute atomic E-state index is 0.162. The maximum Gasteiger partial charge on any atom is 0.337 e. The number of anilines is 2. The Kier molecular flexibility index (Phi) is 6.94. The Labute approximate surface area is 163 Å². The second-order valence-electron chi connectivity index (χ2n) is 6.37. The van der Waals surface area contributed by atoms with Crippen molar-refractivity contribution in [1.82, 2.24) is 15.2 Å². The van der Waals surface area contributed by atoms with Gasteiger partial charge in [0.25, 0.3) is 5.91 Å². The highest BCUT2D eigenvalue weighted by Gasteiger charge is 2.11. The van der Waals surface area contributed by atoms with Crippen LogP contribution in [0.25, 0.3) is 0 Å². The van der Waals surface area contributed by atoms with E-state index < -0.39 is 0 Å². The van der Waals surface area contributed by atoms with E-state index in [4.69, 9.17) is 4.74 Å². The minimum Gasteiger partial charge on any atom is -0.465 e. The lowest BCUT2D eigenvalue weighted by Crippen LogP contribution is -2.41. The number of nitrogens with zero attached hydrogens (tertiary/aromatic N) is 2. The summed E-state index contributed by atoms with van der Waals surface area (Å²) in [5.41, 5.74) is 2.42. The van der Waals surface area contributed by atoms with Gasteiger partial charge in [-0.15, -0.1) is 0 Å². The van der Waals surface area contributed by atoms with Crippen molar-refractivity contribution in [2.75, 3.05) is 51.8 Å². The smallest absolute Gasteiger partial charge is 0.337 e. The monoisotopic (exact) mass is 384 g/mol. The first-order chi connectivity index (χ1) is 13.7. The van der Waals surface area contributed by atoms with Gasteiger partial charge in [-0.05, 0) is 30.3 Å². The zero-order chi connectivity index (χ0) is 19.8. The van der Waals surface area contributed by atoms with E-state index in [1.807, 2.05) is 0 Å². The molecule has 2 aromatic rings. The summed E-state index contributed by atoms with van der Waals surface area (Å²) in [5.74, 6) is -0.547. The van der Waals surface area contributed by atoms with Crippen LogP contribution in [-0.2, 0) is 9.47 Å². The Morgan fingerprint density at radius 1 is 1.11 bits per heavy atom. The Morgan fingerprint density at radius 3 is 2.57 bits per heavy atom. The highest BCUT2D eigenvalue weighted by atomic mass is 16.5. The van der Waals surface area contributed by atoms with Crippen LogP contribution >= 0.6 is 0 Å². The number of benzene rings is 1. The molecule has 148 valence electrons. The number of hydrogen-bond donors (Lipinski definition) is 2. The van der Waals surface area contributed by atoms with Gasteiger partial charge in [0.1, 0.15) is 0 Å². The predicted octanol–water partition coefficient (Wildman–Crippen LogP) is 1.67. The molecular weight excluding hydrogens is 360 g/mol. The van der Waals surface area contributed by atoms with E-state index in [1.54, 1.807) is 36.5 Å². The highest BCUT2D eigenvalue weighted by molar-refractivity contribution is 5.95. The third-order valence-corrected chi connectivity index (χ3v) is 4.41. The molecule has 3 rings (SSSR count). The molecule has 1 aromatic carbocycles. The number of ether oxygens (including phenoxy) is 2. The van der Waals surface area contributed by atoms with Crippen molar-refractivity contribution < 1.29 is 19.1 Å². The number of carbonyl (C=O) groups is 2. The summed E-state index contributed by atoms with van der Waals surface area (Å²) in [4.78, 5) is 30.3. The molecule has 0 aliphatic carbocycles. The first-order valence-electron chi connectivity index (χ1n) is 9.14. The number of methoxy groups -OCH3 is 1. The Bertz CT molecular complexity index is 804. The number of morpholine rings is 1. The van der Waals surface area contributed by atoms with E-state index >= 15 is 0 Å². The molecule has 0 bridgehead atoms. The van der Waals surface area contributed by atoms with E-state index in [1.165, 1.54) is 13.3 Å². The zero-order valence-electron chi connectivity index (χ0n) is 15.8.